The topological polar surface area (TPSA) is 108 Å². The number of ether oxygens (including phenoxy) is 4. The first-order valence-corrected chi connectivity index (χ1v) is 11.2. The summed E-state index contributed by atoms with van der Waals surface area (Å²) in [4.78, 5) is 37.6. The third-order valence-electron chi connectivity index (χ3n) is 5.48. The summed E-state index contributed by atoms with van der Waals surface area (Å²) in [5.74, 6) is -2.49. The van der Waals surface area contributed by atoms with E-state index < -0.39 is 55.3 Å². The number of benzene rings is 3. The normalized spacial score (nSPS) is 23.3. The van der Waals surface area contributed by atoms with Gasteiger partial charge < -0.3 is 24.1 Å². The molecule has 0 aliphatic carbocycles. The molecule has 5 atom stereocenters. The summed E-state index contributed by atoms with van der Waals surface area (Å²) in [6.45, 7) is -0.579. The summed E-state index contributed by atoms with van der Waals surface area (Å²) in [6, 6.07) is 23.7. The monoisotopic (exact) mass is 494 g/mol. The number of carbonyl (C=O) groups excluding carboxylic acids is 3. The van der Waals surface area contributed by atoms with Crippen molar-refractivity contribution in [3.05, 3.63) is 108 Å². The summed E-state index contributed by atoms with van der Waals surface area (Å²) in [5, 5.41) is 10.6. The Kier molecular flexibility index (Phi) is 8.04. The lowest BCUT2D eigenvalue weighted by molar-refractivity contribution is -0.273. The Morgan fingerprint density at radius 3 is 1.58 bits per heavy atom. The zero-order valence-corrected chi connectivity index (χ0v) is 18.9. The van der Waals surface area contributed by atoms with Crippen LogP contribution >= 0.6 is 0 Å². The van der Waals surface area contributed by atoms with Crippen LogP contribution in [0.25, 0.3) is 0 Å². The van der Waals surface area contributed by atoms with Crippen LogP contribution < -0.4 is 0 Å². The van der Waals surface area contributed by atoms with Gasteiger partial charge in [-0.3, -0.25) is 0 Å². The van der Waals surface area contributed by atoms with Gasteiger partial charge >= 0.3 is 17.9 Å². The van der Waals surface area contributed by atoms with Crippen LogP contribution in [0.4, 0.5) is 4.39 Å². The third kappa shape index (κ3) is 5.94. The lowest BCUT2D eigenvalue weighted by atomic mass is 9.99. The van der Waals surface area contributed by atoms with Crippen molar-refractivity contribution in [2.75, 3.05) is 6.61 Å². The molecular formula is C27H23FO8. The van der Waals surface area contributed by atoms with Gasteiger partial charge in [-0.15, -0.1) is 0 Å². The Morgan fingerprint density at radius 1 is 0.694 bits per heavy atom. The minimum absolute atomic E-state index is 0.130. The number of esters is 3. The van der Waals surface area contributed by atoms with E-state index in [1.807, 2.05) is 0 Å². The molecule has 186 valence electrons. The van der Waals surface area contributed by atoms with Crippen LogP contribution in [-0.2, 0) is 18.9 Å². The Balaban J connectivity index is 1.52. The fraction of sp³-hybridized carbons (Fsp3) is 0.222. The van der Waals surface area contributed by atoms with Crippen molar-refractivity contribution in [2.24, 2.45) is 0 Å². The highest BCUT2D eigenvalue weighted by Crippen LogP contribution is 2.29. The van der Waals surface area contributed by atoms with Gasteiger partial charge in [0.15, 0.2) is 24.7 Å². The van der Waals surface area contributed by atoms with E-state index in [4.69, 9.17) is 18.9 Å². The highest BCUT2D eigenvalue weighted by molar-refractivity contribution is 5.90. The van der Waals surface area contributed by atoms with Crippen LogP contribution in [0.2, 0.25) is 0 Å². The number of alkyl halides is 1. The number of carbonyl (C=O) groups is 3. The fourth-order valence-electron chi connectivity index (χ4n) is 3.62. The predicted octanol–water partition coefficient (Wildman–Crippen LogP) is 3.35. The second-order valence-electron chi connectivity index (χ2n) is 7.95. The molecule has 4 rings (SSSR count). The number of aliphatic hydroxyl groups excluding tert-OH is 1. The second-order valence-corrected chi connectivity index (χ2v) is 7.95. The van der Waals surface area contributed by atoms with E-state index in [0.717, 1.165) is 0 Å². The van der Waals surface area contributed by atoms with Gasteiger partial charge in [-0.1, -0.05) is 54.6 Å². The molecule has 0 spiro atoms. The molecule has 1 N–H and O–H groups in total. The Labute approximate surface area is 206 Å². The Morgan fingerprint density at radius 2 is 1.11 bits per heavy atom. The molecular weight excluding hydrogens is 471 g/mol. The van der Waals surface area contributed by atoms with E-state index in [0.29, 0.717) is 0 Å². The predicted molar refractivity (Wildman–Crippen MR) is 124 cm³/mol. The Bertz CT molecular complexity index is 1170. The van der Waals surface area contributed by atoms with Crippen molar-refractivity contribution in [1.29, 1.82) is 0 Å². The fourth-order valence-corrected chi connectivity index (χ4v) is 3.62. The van der Waals surface area contributed by atoms with Crippen molar-refractivity contribution < 1.29 is 42.8 Å². The van der Waals surface area contributed by atoms with Gasteiger partial charge in [0.25, 0.3) is 0 Å². The molecule has 0 bridgehead atoms. The highest BCUT2D eigenvalue weighted by atomic mass is 19.1. The summed E-state index contributed by atoms with van der Waals surface area (Å²) in [6.07, 6.45) is -8.87. The zero-order chi connectivity index (χ0) is 25.5. The highest BCUT2D eigenvalue weighted by Gasteiger charge is 2.51. The first-order chi connectivity index (χ1) is 17.4. The summed E-state index contributed by atoms with van der Waals surface area (Å²) < 4.78 is 36.7. The number of aliphatic hydroxyl groups is 1. The summed E-state index contributed by atoms with van der Waals surface area (Å²) in [7, 11) is 0. The van der Waals surface area contributed by atoms with Gasteiger partial charge in [0, 0.05) is 0 Å². The smallest absolute Gasteiger partial charge is 0.338 e. The first kappa shape index (κ1) is 25.0. The zero-order valence-electron chi connectivity index (χ0n) is 18.9. The van der Waals surface area contributed by atoms with Crippen molar-refractivity contribution >= 4 is 17.9 Å². The van der Waals surface area contributed by atoms with Gasteiger partial charge in [0.1, 0.15) is 12.7 Å². The van der Waals surface area contributed by atoms with Crippen molar-refractivity contribution in [2.45, 2.75) is 30.8 Å². The van der Waals surface area contributed by atoms with E-state index in [2.05, 4.69) is 0 Å². The van der Waals surface area contributed by atoms with Crippen LogP contribution in [0.1, 0.15) is 31.1 Å². The van der Waals surface area contributed by atoms with Crippen molar-refractivity contribution in [1.82, 2.24) is 0 Å². The molecule has 0 radical (unpaired) electrons. The summed E-state index contributed by atoms with van der Waals surface area (Å²) >= 11 is 0. The molecule has 1 heterocycles. The van der Waals surface area contributed by atoms with Crippen LogP contribution in [-0.4, -0.2) is 60.4 Å². The molecule has 8 nitrogen and oxygen atoms in total. The molecule has 3 aromatic rings. The molecule has 0 amide bonds. The standard InChI is InChI=1S/C27H23FO8/c28-21-20(16-33-24(29)17-10-4-1-5-11-17)34-27(32)23(36-26(31)19-14-8-3-9-15-19)22(21)35-25(30)18-12-6-2-7-13-18/h1-15,20-23,27,32H,16H2/t20-,21-,22-,23+,27+/m1/s1. The number of hydrogen-bond donors (Lipinski definition) is 1. The lowest BCUT2D eigenvalue weighted by Gasteiger charge is -2.40. The van der Waals surface area contributed by atoms with Gasteiger partial charge in [-0.2, -0.15) is 0 Å². The maximum absolute atomic E-state index is 15.6. The maximum Gasteiger partial charge on any atom is 0.338 e. The SMILES string of the molecule is O=C(OC[C@H]1O[C@H](O)[C@@H](OC(=O)c2ccccc2)[C@H](OC(=O)c2ccccc2)[C@@H]1F)c1ccccc1. The molecule has 0 saturated carbocycles. The molecule has 3 aromatic carbocycles. The van der Waals surface area contributed by atoms with Crippen LogP contribution in [0.3, 0.4) is 0 Å². The van der Waals surface area contributed by atoms with Crippen molar-refractivity contribution in [3.63, 3.8) is 0 Å². The molecule has 9 heteroatoms. The van der Waals surface area contributed by atoms with Crippen LogP contribution in [0.5, 0.6) is 0 Å². The average Bonchev–Trinajstić information content (AvgIpc) is 2.92. The van der Waals surface area contributed by atoms with Crippen molar-refractivity contribution in [3.8, 4) is 0 Å². The van der Waals surface area contributed by atoms with E-state index in [1.165, 1.54) is 36.4 Å². The maximum atomic E-state index is 15.6. The van der Waals surface area contributed by atoms with E-state index in [-0.39, 0.29) is 16.7 Å². The number of rotatable bonds is 7. The number of halogens is 1. The van der Waals surface area contributed by atoms with E-state index in [9.17, 15) is 19.5 Å². The van der Waals surface area contributed by atoms with Crippen LogP contribution in [0.15, 0.2) is 91.0 Å². The van der Waals surface area contributed by atoms with Gasteiger partial charge in [-0.25, -0.2) is 18.8 Å². The largest absolute Gasteiger partial charge is 0.459 e. The Hall–Kier alpha value is -4.08. The summed E-state index contributed by atoms with van der Waals surface area (Å²) in [5.41, 5.74) is 0.518. The average molecular weight is 494 g/mol. The molecule has 1 aliphatic rings. The molecule has 36 heavy (non-hydrogen) atoms. The quantitative estimate of drug-likeness (QED) is 0.394. The molecule has 0 aromatic heterocycles. The molecule has 1 saturated heterocycles. The lowest BCUT2D eigenvalue weighted by Crippen LogP contribution is -2.60. The minimum atomic E-state index is -2.10. The van der Waals surface area contributed by atoms with E-state index >= 15 is 4.39 Å². The molecule has 1 fully saturated rings. The van der Waals surface area contributed by atoms with Gasteiger partial charge in [0.2, 0.25) is 0 Å². The van der Waals surface area contributed by atoms with Crippen LogP contribution in [0, 0.1) is 0 Å². The van der Waals surface area contributed by atoms with Gasteiger partial charge in [0.05, 0.1) is 16.7 Å². The third-order valence-corrected chi connectivity index (χ3v) is 5.48. The van der Waals surface area contributed by atoms with Gasteiger partial charge in [-0.05, 0) is 36.4 Å². The second kappa shape index (κ2) is 11.6. The first-order valence-electron chi connectivity index (χ1n) is 11.2. The molecule has 0 unspecified atom stereocenters. The number of hydrogen-bond acceptors (Lipinski definition) is 8. The van der Waals surface area contributed by atoms with E-state index in [1.54, 1.807) is 54.6 Å². The molecule has 1 aliphatic heterocycles. The minimum Gasteiger partial charge on any atom is -0.459 e.